The highest BCUT2D eigenvalue weighted by molar-refractivity contribution is 7.89. The predicted molar refractivity (Wildman–Crippen MR) is 63.5 cm³/mol. The molecule has 0 saturated heterocycles. The van der Waals surface area contributed by atoms with Crippen LogP contribution in [0.4, 0.5) is 4.39 Å². The van der Waals surface area contributed by atoms with Crippen molar-refractivity contribution >= 4 is 10.0 Å². The van der Waals surface area contributed by atoms with Crippen LogP contribution < -0.4 is 4.72 Å². The van der Waals surface area contributed by atoms with Gasteiger partial charge in [0.25, 0.3) is 0 Å². The van der Waals surface area contributed by atoms with Gasteiger partial charge >= 0.3 is 0 Å². The van der Waals surface area contributed by atoms with Crippen LogP contribution in [0.1, 0.15) is 26.7 Å². The Hall–Kier alpha value is -1.01. The number of pyridine rings is 1. The summed E-state index contributed by atoms with van der Waals surface area (Å²) in [6.07, 6.45) is 3.92. The first-order valence-corrected chi connectivity index (χ1v) is 7.08. The molecule has 0 bridgehead atoms. The van der Waals surface area contributed by atoms with Gasteiger partial charge in [0.2, 0.25) is 10.0 Å². The Labute approximate surface area is 101 Å². The van der Waals surface area contributed by atoms with Crippen molar-refractivity contribution in [3.63, 3.8) is 0 Å². The van der Waals surface area contributed by atoms with Crippen molar-refractivity contribution in [2.45, 2.75) is 31.6 Å². The van der Waals surface area contributed by atoms with Gasteiger partial charge in [0, 0.05) is 12.7 Å². The maximum Gasteiger partial charge on any atom is 0.242 e. The number of nitrogens with one attached hydrogen (secondary N) is 1. The first-order valence-electron chi connectivity index (χ1n) is 5.59. The Morgan fingerprint density at radius 1 is 1.35 bits per heavy atom. The summed E-state index contributed by atoms with van der Waals surface area (Å²) in [7, 11) is -3.65. The van der Waals surface area contributed by atoms with Gasteiger partial charge in [-0.25, -0.2) is 17.5 Å². The zero-order valence-electron chi connectivity index (χ0n) is 9.98. The van der Waals surface area contributed by atoms with Crippen LogP contribution in [-0.2, 0) is 10.0 Å². The summed E-state index contributed by atoms with van der Waals surface area (Å²) in [6, 6.07) is 0.961. The lowest BCUT2D eigenvalue weighted by Gasteiger charge is -2.13. The molecule has 1 N–H and O–H groups in total. The summed E-state index contributed by atoms with van der Waals surface area (Å²) >= 11 is 0. The molecule has 0 aliphatic rings. The number of hydrogen-bond acceptors (Lipinski definition) is 3. The fraction of sp³-hybridized carbons (Fsp3) is 0.545. The molecule has 0 saturated carbocycles. The second kappa shape index (κ2) is 6.07. The number of hydrogen-bond donors (Lipinski definition) is 1. The van der Waals surface area contributed by atoms with Gasteiger partial charge in [-0.2, -0.15) is 0 Å². The molecule has 4 nitrogen and oxygen atoms in total. The quantitative estimate of drug-likeness (QED) is 0.850. The highest BCUT2D eigenvalue weighted by Gasteiger charge is 2.16. The molecular formula is C11H17FN2O2S. The van der Waals surface area contributed by atoms with Crippen molar-refractivity contribution in [2.24, 2.45) is 5.92 Å². The van der Waals surface area contributed by atoms with Crippen LogP contribution in [0.2, 0.25) is 0 Å². The molecule has 0 amide bonds. The van der Waals surface area contributed by atoms with Crippen molar-refractivity contribution in [1.82, 2.24) is 9.71 Å². The van der Waals surface area contributed by atoms with Crippen LogP contribution in [0.5, 0.6) is 0 Å². The summed E-state index contributed by atoms with van der Waals surface area (Å²) in [4.78, 5) is 3.39. The van der Waals surface area contributed by atoms with E-state index in [4.69, 9.17) is 0 Å². The Bertz CT molecular complexity index is 458. The zero-order valence-corrected chi connectivity index (χ0v) is 10.8. The highest BCUT2D eigenvalue weighted by atomic mass is 32.2. The van der Waals surface area contributed by atoms with Crippen molar-refractivity contribution in [3.8, 4) is 0 Å². The molecule has 0 unspecified atom stereocenters. The average molecular weight is 260 g/mol. The fourth-order valence-electron chi connectivity index (χ4n) is 1.43. The Balaban J connectivity index is 2.76. The molecule has 0 aromatic carbocycles. The van der Waals surface area contributed by atoms with Gasteiger partial charge in [-0.15, -0.1) is 0 Å². The molecule has 0 radical (unpaired) electrons. The molecule has 0 atom stereocenters. The molecule has 17 heavy (non-hydrogen) atoms. The molecule has 1 aromatic heterocycles. The van der Waals surface area contributed by atoms with Gasteiger partial charge in [-0.3, -0.25) is 4.98 Å². The van der Waals surface area contributed by atoms with Gasteiger partial charge < -0.3 is 0 Å². The minimum Gasteiger partial charge on any atom is -0.260 e. The van der Waals surface area contributed by atoms with Gasteiger partial charge in [-0.05, 0) is 12.0 Å². The fourth-order valence-corrected chi connectivity index (χ4v) is 2.52. The third-order valence-electron chi connectivity index (χ3n) is 2.71. The summed E-state index contributed by atoms with van der Waals surface area (Å²) < 4.78 is 38.9. The lowest BCUT2D eigenvalue weighted by atomic mass is 10.0. The van der Waals surface area contributed by atoms with Crippen LogP contribution in [-0.4, -0.2) is 19.9 Å². The summed E-state index contributed by atoms with van der Waals surface area (Å²) in [6.45, 7) is 4.38. The molecule has 0 spiro atoms. The molecule has 0 aliphatic heterocycles. The third kappa shape index (κ3) is 4.05. The minimum absolute atomic E-state index is 0.136. The number of sulfonamides is 1. The van der Waals surface area contributed by atoms with Crippen LogP contribution >= 0.6 is 0 Å². The van der Waals surface area contributed by atoms with E-state index >= 15 is 0 Å². The third-order valence-corrected chi connectivity index (χ3v) is 4.10. The van der Waals surface area contributed by atoms with Gasteiger partial charge in [0.05, 0.1) is 6.20 Å². The first-order chi connectivity index (χ1) is 7.99. The number of nitrogens with zero attached hydrogens (tertiary/aromatic N) is 1. The Morgan fingerprint density at radius 3 is 2.53 bits per heavy atom. The molecular weight excluding hydrogens is 243 g/mol. The Kier molecular flexibility index (Phi) is 5.02. The van der Waals surface area contributed by atoms with Gasteiger partial charge in [-0.1, -0.05) is 26.7 Å². The molecule has 1 heterocycles. The van der Waals surface area contributed by atoms with Crippen molar-refractivity contribution in [3.05, 3.63) is 24.3 Å². The molecule has 0 fully saturated rings. The van der Waals surface area contributed by atoms with Crippen LogP contribution in [0.25, 0.3) is 0 Å². The molecule has 1 rings (SSSR count). The minimum atomic E-state index is -3.65. The van der Waals surface area contributed by atoms with Gasteiger partial charge in [0.1, 0.15) is 10.7 Å². The van der Waals surface area contributed by atoms with Crippen LogP contribution in [0, 0.1) is 11.7 Å². The maximum absolute atomic E-state index is 12.9. The normalized spacial score (nSPS) is 12.0. The van der Waals surface area contributed by atoms with Crippen LogP contribution in [0.3, 0.4) is 0 Å². The van der Waals surface area contributed by atoms with E-state index in [2.05, 4.69) is 9.71 Å². The maximum atomic E-state index is 12.9. The van der Waals surface area contributed by atoms with E-state index in [-0.39, 0.29) is 4.90 Å². The smallest absolute Gasteiger partial charge is 0.242 e. The standard InChI is InChI=1S/C11H17FN2O2S/c1-3-9(4-2)6-14-17(15,16)11-5-10(12)7-13-8-11/h5,7-9,14H,3-4,6H2,1-2H3. The lowest BCUT2D eigenvalue weighted by molar-refractivity contribution is 0.478. The average Bonchev–Trinajstić information content (AvgIpc) is 2.30. The van der Waals surface area contributed by atoms with Crippen molar-refractivity contribution in [1.29, 1.82) is 0 Å². The molecule has 0 aliphatic carbocycles. The largest absolute Gasteiger partial charge is 0.260 e. The molecule has 96 valence electrons. The number of aromatic nitrogens is 1. The predicted octanol–water partition coefficient (Wildman–Crippen LogP) is 1.94. The molecule has 1 aromatic rings. The molecule has 6 heteroatoms. The SMILES string of the molecule is CCC(CC)CNS(=O)(=O)c1cncc(F)c1. The number of halogens is 1. The van der Waals surface area contributed by atoms with E-state index < -0.39 is 15.8 Å². The van der Waals surface area contributed by atoms with E-state index in [0.717, 1.165) is 31.3 Å². The van der Waals surface area contributed by atoms with Crippen LogP contribution in [0.15, 0.2) is 23.4 Å². The van der Waals surface area contributed by atoms with E-state index in [1.165, 1.54) is 0 Å². The lowest BCUT2D eigenvalue weighted by Crippen LogP contribution is -2.29. The van der Waals surface area contributed by atoms with E-state index in [9.17, 15) is 12.8 Å². The first kappa shape index (κ1) is 14.1. The van der Waals surface area contributed by atoms with E-state index in [0.29, 0.717) is 12.5 Å². The topological polar surface area (TPSA) is 59.1 Å². The summed E-state index contributed by atoms with van der Waals surface area (Å²) in [5.74, 6) is -0.360. The van der Waals surface area contributed by atoms with Gasteiger partial charge in [0.15, 0.2) is 0 Å². The van der Waals surface area contributed by atoms with E-state index in [1.807, 2.05) is 13.8 Å². The monoisotopic (exact) mass is 260 g/mol. The summed E-state index contributed by atoms with van der Waals surface area (Å²) in [5, 5.41) is 0. The highest BCUT2D eigenvalue weighted by Crippen LogP contribution is 2.11. The second-order valence-corrected chi connectivity index (χ2v) is 5.64. The van der Waals surface area contributed by atoms with E-state index in [1.54, 1.807) is 0 Å². The zero-order chi connectivity index (χ0) is 12.9. The van der Waals surface area contributed by atoms with Crippen molar-refractivity contribution < 1.29 is 12.8 Å². The Morgan fingerprint density at radius 2 is 2.00 bits per heavy atom. The summed E-state index contributed by atoms with van der Waals surface area (Å²) in [5.41, 5.74) is 0. The van der Waals surface area contributed by atoms with Crippen molar-refractivity contribution in [2.75, 3.05) is 6.54 Å². The second-order valence-electron chi connectivity index (χ2n) is 3.87. The number of rotatable bonds is 6.